The smallest absolute Gasteiger partial charge is 0.229 e. The molecule has 1 heterocycles. The lowest BCUT2D eigenvalue weighted by molar-refractivity contribution is -0.115. The Kier molecular flexibility index (Phi) is 5.20. The fraction of sp³-hybridized carbons (Fsp3) is 0.158. The number of halogens is 2. The number of nitrogens with one attached hydrogen (secondary N) is 1. The van der Waals surface area contributed by atoms with E-state index in [0.717, 1.165) is 22.6 Å². The van der Waals surface area contributed by atoms with E-state index < -0.39 is 0 Å². The van der Waals surface area contributed by atoms with Gasteiger partial charge in [-0.25, -0.2) is 4.68 Å². The average molecular weight is 390 g/mol. The zero-order valence-corrected chi connectivity index (χ0v) is 15.8. The third kappa shape index (κ3) is 3.84. The van der Waals surface area contributed by atoms with Crippen molar-refractivity contribution in [1.82, 2.24) is 9.78 Å². The Bertz CT molecular complexity index is 966. The average Bonchev–Trinajstić information content (AvgIpc) is 2.87. The molecule has 7 heteroatoms. The molecule has 3 rings (SSSR count). The van der Waals surface area contributed by atoms with Gasteiger partial charge in [-0.15, -0.1) is 0 Å². The van der Waals surface area contributed by atoms with Gasteiger partial charge in [0.1, 0.15) is 5.75 Å². The first-order valence-corrected chi connectivity index (χ1v) is 8.70. The van der Waals surface area contributed by atoms with E-state index >= 15 is 0 Å². The molecule has 0 atom stereocenters. The molecule has 134 valence electrons. The zero-order valence-electron chi connectivity index (χ0n) is 14.3. The predicted octanol–water partition coefficient (Wildman–Crippen LogP) is 4.68. The Labute approximate surface area is 161 Å². The number of carbonyl (C=O) groups excluding carboxylic acids is 1. The summed E-state index contributed by atoms with van der Waals surface area (Å²) in [6, 6.07) is 11.8. The van der Waals surface area contributed by atoms with Gasteiger partial charge in [0, 0.05) is 21.3 Å². The van der Waals surface area contributed by atoms with Crippen molar-refractivity contribution < 1.29 is 9.90 Å². The summed E-state index contributed by atoms with van der Waals surface area (Å²) in [4.78, 5) is 12.4. The molecule has 2 aromatic carbocycles. The van der Waals surface area contributed by atoms with E-state index in [-0.39, 0.29) is 23.8 Å². The van der Waals surface area contributed by atoms with Crippen molar-refractivity contribution in [3.8, 4) is 11.4 Å². The fourth-order valence-electron chi connectivity index (χ4n) is 2.73. The SMILES string of the molecule is Cc1nn(-c2ccc(Cl)cc2)c(C)c1CC(=O)Nc1cc(Cl)ccc1O. The number of aromatic hydroxyl groups is 1. The highest BCUT2D eigenvalue weighted by Gasteiger charge is 2.17. The van der Waals surface area contributed by atoms with Crippen molar-refractivity contribution in [3.05, 3.63) is 69.5 Å². The molecule has 0 unspecified atom stereocenters. The van der Waals surface area contributed by atoms with Gasteiger partial charge in [0.25, 0.3) is 0 Å². The number of nitrogens with zero attached hydrogens (tertiary/aromatic N) is 2. The highest BCUT2D eigenvalue weighted by atomic mass is 35.5. The van der Waals surface area contributed by atoms with Crippen molar-refractivity contribution in [2.75, 3.05) is 5.32 Å². The third-order valence-corrected chi connectivity index (χ3v) is 4.57. The molecule has 0 aliphatic carbocycles. The Balaban J connectivity index is 1.82. The molecule has 0 aliphatic heterocycles. The van der Waals surface area contributed by atoms with E-state index in [2.05, 4.69) is 10.4 Å². The van der Waals surface area contributed by atoms with Crippen molar-refractivity contribution in [3.63, 3.8) is 0 Å². The minimum absolute atomic E-state index is 0.0342. The lowest BCUT2D eigenvalue weighted by Crippen LogP contribution is -2.15. The summed E-state index contributed by atoms with van der Waals surface area (Å²) in [6.45, 7) is 3.77. The summed E-state index contributed by atoms with van der Waals surface area (Å²) in [5, 5.41) is 18.1. The number of aryl methyl sites for hydroxylation is 1. The molecule has 5 nitrogen and oxygen atoms in total. The topological polar surface area (TPSA) is 67.2 Å². The molecule has 26 heavy (non-hydrogen) atoms. The van der Waals surface area contributed by atoms with Crippen LogP contribution in [0.15, 0.2) is 42.5 Å². The van der Waals surface area contributed by atoms with Crippen LogP contribution in [0.25, 0.3) is 5.69 Å². The van der Waals surface area contributed by atoms with Crippen molar-refractivity contribution in [2.24, 2.45) is 0 Å². The van der Waals surface area contributed by atoms with Gasteiger partial charge < -0.3 is 10.4 Å². The number of carbonyl (C=O) groups is 1. The number of phenols is 1. The van der Waals surface area contributed by atoms with Crippen LogP contribution in [-0.4, -0.2) is 20.8 Å². The fourth-order valence-corrected chi connectivity index (χ4v) is 3.03. The van der Waals surface area contributed by atoms with Gasteiger partial charge in [0.2, 0.25) is 5.91 Å². The van der Waals surface area contributed by atoms with Crippen LogP contribution in [0.2, 0.25) is 10.0 Å². The van der Waals surface area contributed by atoms with Crippen LogP contribution in [0.5, 0.6) is 5.75 Å². The summed E-state index contributed by atoms with van der Waals surface area (Å²) in [7, 11) is 0. The van der Waals surface area contributed by atoms with Gasteiger partial charge in [0.15, 0.2) is 0 Å². The number of hydrogen-bond donors (Lipinski definition) is 2. The second-order valence-corrected chi connectivity index (χ2v) is 6.80. The Morgan fingerprint density at radius 3 is 2.46 bits per heavy atom. The monoisotopic (exact) mass is 389 g/mol. The van der Waals surface area contributed by atoms with Crippen LogP contribution in [-0.2, 0) is 11.2 Å². The van der Waals surface area contributed by atoms with Gasteiger partial charge in [-0.1, -0.05) is 23.2 Å². The standard InChI is InChI=1S/C19H17Cl2N3O2/c1-11-16(10-19(26)22-17-9-14(21)5-8-18(17)25)12(2)24(23-11)15-6-3-13(20)4-7-15/h3-9,25H,10H2,1-2H3,(H,22,26). The molecular weight excluding hydrogens is 373 g/mol. The van der Waals surface area contributed by atoms with Gasteiger partial charge >= 0.3 is 0 Å². The molecular formula is C19H17Cl2N3O2. The van der Waals surface area contributed by atoms with Crippen LogP contribution >= 0.6 is 23.2 Å². The van der Waals surface area contributed by atoms with Crippen LogP contribution < -0.4 is 5.32 Å². The van der Waals surface area contributed by atoms with E-state index in [9.17, 15) is 9.90 Å². The van der Waals surface area contributed by atoms with E-state index in [1.54, 1.807) is 22.9 Å². The van der Waals surface area contributed by atoms with E-state index in [1.165, 1.54) is 12.1 Å². The van der Waals surface area contributed by atoms with Crippen LogP contribution in [0.3, 0.4) is 0 Å². The highest BCUT2D eigenvalue weighted by Crippen LogP contribution is 2.27. The quantitative estimate of drug-likeness (QED) is 0.636. The first kappa shape index (κ1) is 18.3. The minimum atomic E-state index is -0.260. The lowest BCUT2D eigenvalue weighted by atomic mass is 10.1. The van der Waals surface area contributed by atoms with Crippen LogP contribution in [0.1, 0.15) is 17.0 Å². The molecule has 0 radical (unpaired) electrons. The van der Waals surface area contributed by atoms with E-state index in [0.29, 0.717) is 10.0 Å². The molecule has 0 fully saturated rings. The highest BCUT2D eigenvalue weighted by molar-refractivity contribution is 6.31. The predicted molar refractivity (Wildman–Crippen MR) is 103 cm³/mol. The maximum Gasteiger partial charge on any atom is 0.229 e. The first-order valence-electron chi connectivity index (χ1n) is 7.94. The van der Waals surface area contributed by atoms with Crippen molar-refractivity contribution in [1.29, 1.82) is 0 Å². The molecule has 0 saturated heterocycles. The number of rotatable bonds is 4. The van der Waals surface area contributed by atoms with Crippen molar-refractivity contribution in [2.45, 2.75) is 20.3 Å². The first-order chi connectivity index (χ1) is 12.3. The molecule has 0 saturated carbocycles. The summed E-state index contributed by atoms with van der Waals surface area (Å²) in [5.41, 5.74) is 3.62. The zero-order chi connectivity index (χ0) is 18.8. The molecule has 0 bridgehead atoms. The van der Waals surface area contributed by atoms with Gasteiger partial charge in [-0.2, -0.15) is 5.10 Å². The number of phenolic OH excluding ortho intramolecular Hbond substituents is 1. The lowest BCUT2D eigenvalue weighted by Gasteiger charge is -2.08. The normalized spacial score (nSPS) is 10.8. The largest absolute Gasteiger partial charge is 0.506 e. The molecule has 1 amide bonds. The summed E-state index contributed by atoms with van der Waals surface area (Å²) in [6.07, 6.45) is 0.136. The van der Waals surface area contributed by atoms with Crippen molar-refractivity contribution >= 4 is 34.8 Å². The minimum Gasteiger partial charge on any atom is -0.506 e. The van der Waals surface area contributed by atoms with Gasteiger partial charge in [-0.3, -0.25) is 4.79 Å². The van der Waals surface area contributed by atoms with Gasteiger partial charge in [-0.05, 0) is 56.3 Å². The number of anilines is 1. The van der Waals surface area contributed by atoms with Gasteiger partial charge in [0.05, 0.1) is 23.5 Å². The second kappa shape index (κ2) is 7.40. The van der Waals surface area contributed by atoms with E-state index in [4.69, 9.17) is 23.2 Å². The third-order valence-electron chi connectivity index (χ3n) is 4.08. The molecule has 0 spiro atoms. The summed E-state index contributed by atoms with van der Waals surface area (Å²) < 4.78 is 1.78. The number of amides is 1. The Hall–Kier alpha value is -2.50. The summed E-state index contributed by atoms with van der Waals surface area (Å²) in [5.74, 6) is -0.294. The maximum atomic E-state index is 12.4. The Morgan fingerprint density at radius 2 is 1.77 bits per heavy atom. The molecule has 3 aromatic rings. The van der Waals surface area contributed by atoms with E-state index in [1.807, 2.05) is 26.0 Å². The second-order valence-electron chi connectivity index (χ2n) is 5.92. The molecule has 2 N–H and O–H groups in total. The molecule has 0 aliphatic rings. The number of hydrogen-bond acceptors (Lipinski definition) is 3. The summed E-state index contributed by atoms with van der Waals surface area (Å²) >= 11 is 11.8. The number of benzene rings is 2. The number of aromatic nitrogens is 2. The Morgan fingerprint density at radius 1 is 1.12 bits per heavy atom. The van der Waals surface area contributed by atoms with Crippen LogP contribution in [0.4, 0.5) is 5.69 Å². The van der Waals surface area contributed by atoms with Crippen LogP contribution in [0, 0.1) is 13.8 Å². The molecule has 1 aromatic heterocycles. The maximum absolute atomic E-state index is 12.4.